The summed E-state index contributed by atoms with van der Waals surface area (Å²) in [6, 6.07) is 11.2. The third-order valence-electron chi connectivity index (χ3n) is 4.23. The number of hydrogen-bond donors (Lipinski definition) is 1. The normalized spacial score (nSPS) is 20.7. The zero-order valence-electron chi connectivity index (χ0n) is 12.8. The number of amides is 1. The quantitative estimate of drug-likeness (QED) is 0.931. The molecule has 23 heavy (non-hydrogen) atoms. The Morgan fingerprint density at radius 3 is 2.65 bits per heavy atom. The van der Waals surface area contributed by atoms with E-state index in [1.54, 1.807) is 17.9 Å². The zero-order valence-corrected chi connectivity index (χ0v) is 12.8. The van der Waals surface area contributed by atoms with Crippen LogP contribution in [0.1, 0.15) is 22.9 Å². The summed E-state index contributed by atoms with van der Waals surface area (Å²) in [5.41, 5.74) is 1.52. The van der Waals surface area contributed by atoms with Gasteiger partial charge in [0.1, 0.15) is 5.76 Å². The minimum Gasteiger partial charge on any atom is -0.481 e. The highest BCUT2D eigenvalue weighted by Crippen LogP contribution is 2.33. The molecule has 120 valence electrons. The second-order valence-corrected chi connectivity index (χ2v) is 5.87. The Morgan fingerprint density at radius 1 is 1.30 bits per heavy atom. The third kappa shape index (κ3) is 3.26. The molecule has 1 aromatic heterocycles. The molecule has 0 saturated carbocycles. The smallest absolute Gasteiger partial charge is 0.308 e. The predicted molar refractivity (Wildman–Crippen MR) is 81.8 cm³/mol. The van der Waals surface area contributed by atoms with Gasteiger partial charge in [-0.05, 0) is 12.5 Å². The van der Waals surface area contributed by atoms with E-state index >= 15 is 0 Å². The maximum Gasteiger partial charge on any atom is 0.308 e. The molecule has 0 aliphatic carbocycles. The van der Waals surface area contributed by atoms with Crippen molar-refractivity contribution in [2.75, 3.05) is 13.1 Å². The SMILES string of the molecule is Cc1cc(CC(=O)N2C[C@H](C(=O)O)[C@H](c3ccccc3)C2)no1. The molecule has 2 heterocycles. The Labute approximate surface area is 133 Å². The number of hydrogen-bond acceptors (Lipinski definition) is 4. The van der Waals surface area contributed by atoms with Crippen molar-refractivity contribution in [3.63, 3.8) is 0 Å². The highest BCUT2D eigenvalue weighted by molar-refractivity contribution is 5.81. The van der Waals surface area contributed by atoms with Crippen LogP contribution in [0.4, 0.5) is 0 Å². The maximum atomic E-state index is 12.4. The highest BCUT2D eigenvalue weighted by Gasteiger charge is 2.40. The summed E-state index contributed by atoms with van der Waals surface area (Å²) in [7, 11) is 0. The number of likely N-dealkylation sites (tertiary alicyclic amines) is 1. The third-order valence-corrected chi connectivity index (χ3v) is 4.23. The first-order valence-electron chi connectivity index (χ1n) is 7.52. The number of aryl methyl sites for hydroxylation is 1. The first kappa shape index (κ1) is 15.3. The molecule has 0 radical (unpaired) electrons. The lowest BCUT2D eigenvalue weighted by atomic mass is 9.89. The molecular weight excluding hydrogens is 296 g/mol. The van der Waals surface area contributed by atoms with E-state index in [0.717, 1.165) is 5.56 Å². The Balaban J connectivity index is 1.74. The Kier molecular flexibility index (Phi) is 4.14. The predicted octanol–water partition coefficient (Wildman–Crippen LogP) is 1.85. The van der Waals surface area contributed by atoms with Crippen molar-refractivity contribution < 1.29 is 19.2 Å². The van der Waals surface area contributed by atoms with Crippen LogP contribution in [-0.2, 0) is 16.0 Å². The van der Waals surface area contributed by atoms with Gasteiger partial charge in [-0.25, -0.2) is 0 Å². The van der Waals surface area contributed by atoms with E-state index in [1.165, 1.54) is 0 Å². The summed E-state index contributed by atoms with van der Waals surface area (Å²) < 4.78 is 4.96. The van der Waals surface area contributed by atoms with Crippen LogP contribution in [0.2, 0.25) is 0 Å². The summed E-state index contributed by atoms with van der Waals surface area (Å²) in [6.07, 6.45) is 0.130. The summed E-state index contributed by atoms with van der Waals surface area (Å²) in [5, 5.41) is 13.3. The van der Waals surface area contributed by atoms with Gasteiger partial charge in [0, 0.05) is 25.1 Å². The molecule has 1 aliphatic rings. The van der Waals surface area contributed by atoms with Crippen molar-refractivity contribution in [2.45, 2.75) is 19.3 Å². The van der Waals surface area contributed by atoms with Crippen LogP contribution >= 0.6 is 0 Å². The number of carbonyl (C=O) groups is 2. The molecule has 0 unspecified atom stereocenters. The molecule has 2 atom stereocenters. The molecule has 1 saturated heterocycles. The number of aliphatic carboxylic acids is 1. The summed E-state index contributed by atoms with van der Waals surface area (Å²) in [4.78, 5) is 25.6. The van der Waals surface area contributed by atoms with Gasteiger partial charge in [0.05, 0.1) is 18.0 Å². The summed E-state index contributed by atoms with van der Waals surface area (Å²) >= 11 is 0. The van der Waals surface area contributed by atoms with Crippen LogP contribution in [0.25, 0.3) is 0 Å². The van der Waals surface area contributed by atoms with Crippen LogP contribution in [0.5, 0.6) is 0 Å². The zero-order chi connectivity index (χ0) is 16.4. The number of carboxylic acids is 1. The largest absolute Gasteiger partial charge is 0.481 e. The van der Waals surface area contributed by atoms with Gasteiger partial charge in [-0.3, -0.25) is 9.59 Å². The molecule has 0 bridgehead atoms. The molecule has 0 spiro atoms. The maximum absolute atomic E-state index is 12.4. The van der Waals surface area contributed by atoms with E-state index in [2.05, 4.69) is 5.16 Å². The van der Waals surface area contributed by atoms with E-state index in [4.69, 9.17) is 4.52 Å². The molecule has 3 rings (SSSR count). The number of rotatable bonds is 4. The van der Waals surface area contributed by atoms with Gasteiger partial charge in [-0.2, -0.15) is 0 Å². The van der Waals surface area contributed by atoms with Gasteiger partial charge in [0.25, 0.3) is 0 Å². The van der Waals surface area contributed by atoms with Gasteiger partial charge in [-0.1, -0.05) is 35.5 Å². The number of carboxylic acid groups (broad SMARTS) is 1. The van der Waals surface area contributed by atoms with Crippen LogP contribution in [-0.4, -0.2) is 40.1 Å². The van der Waals surface area contributed by atoms with Crippen molar-refractivity contribution >= 4 is 11.9 Å². The second-order valence-electron chi connectivity index (χ2n) is 5.87. The number of aromatic nitrogens is 1. The molecule has 6 heteroatoms. The molecule has 6 nitrogen and oxygen atoms in total. The van der Waals surface area contributed by atoms with Crippen molar-refractivity contribution in [3.05, 3.63) is 53.4 Å². The molecule has 1 aliphatic heterocycles. The molecule has 1 fully saturated rings. The summed E-state index contributed by atoms with van der Waals surface area (Å²) in [6.45, 7) is 2.41. The fourth-order valence-corrected chi connectivity index (χ4v) is 3.06. The van der Waals surface area contributed by atoms with Crippen molar-refractivity contribution in [1.82, 2.24) is 10.1 Å². The van der Waals surface area contributed by atoms with Crippen molar-refractivity contribution in [1.29, 1.82) is 0 Å². The molecular formula is C17H18N2O4. The van der Waals surface area contributed by atoms with Crippen molar-refractivity contribution in [3.8, 4) is 0 Å². The van der Waals surface area contributed by atoms with E-state index in [1.807, 2.05) is 30.3 Å². The molecule has 1 amide bonds. The van der Waals surface area contributed by atoms with Gasteiger partial charge in [-0.15, -0.1) is 0 Å². The number of benzene rings is 1. The second kappa shape index (κ2) is 6.24. The standard InChI is InChI=1S/C17H18N2O4/c1-11-7-13(18-23-11)8-16(20)19-9-14(15(10-19)17(21)22)12-5-3-2-4-6-12/h2-7,14-15H,8-10H2,1H3,(H,21,22)/t14-,15-/m0/s1. The fraction of sp³-hybridized carbons (Fsp3) is 0.353. The van der Waals surface area contributed by atoms with Gasteiger partial charge in [0.15, 0.2) is 0 Å². The monoisotopic (exact) mass is 314 g/mol. The minimum absolute atomic E-state index is 0.122. The Bertz CT molecular complexity index is 710. The average molecular weight is 314 g/mol. The van der Waals surface area contributed by atoms with Crippen LogP contribution in [0.15, 0.2) is 40.9 Å². The highest BCUT2D eigenvalue weighted by atomic mass is 16.5. The Morgan fingerprint density at radius 2 is 2.04 bits per heavy atom. The lowest BCUT2D eigenvalue weighted by molar-refractivity contribution is -0.141. The van der Waals surface area contributed by atoms with Crippen LogP contribution in [0.3, 0.4) is 0 Å². The molecule has 1 N–H and O–H groups in total. The van der Waals surface area contributed by atoms with E-state index in [-0.39, 0.29) is 24.8 Å². The Hall–Kier alpha value is -2.63. The summed E-state index contributed by atoms with van der Waals surface area (Å²) in [5.74, 6) is -1.11. The first-order chi connectivity index (χ1) is 11.0. The van der Waals surface area contributed by atoms with Gasteiger partial charge >= 0.3 is 5.97 Å². The topological polar surface area (TPSA) is 83.6 Å². The first-order valence-corrected chi connectivity index (χ1v) is 7.52. The fourth-order valence-electron chi connectivity index (χ4n) is 3.06. The van der Waals surface area contributed by atoms with Crippen LogP contribution < -0.4 is 0 Å². The average Bonchev–Trinajstić information content (AvgIpc) is 3.15. The molecule has 1 aromatic carbocycles. The lowest BCUT2D eigenvalue weighted by Gasteiger charge is -2.16. The van der Waals surface area contributed by atoms with Gasteiger partial charge in [0.2, 0.25) is 5.91 Å². The lowest BCUT2D eigenvalue weighted by Crippen LogP contribution is -2.31. The minimum atomic E-state index is -0.869. The number of carbonyl (C=O) groups excluding carboxylic acids is 1. The van der Waals surface area contributed by atoms with Gasteiger partial charge < -0.3 is 14.5 Å². The van der Waals surface area contributed by atoms with Crippen molar-refractivity contribution in [2.24, 2.45) is 5.92 Å². The van der Waals surface area contributed by atoms with Crippen LogP contribution in [0, 0.1) is 12.8 Å². The van der Waals surface area contributed by atoms with E-state index < -0.39 is 11.9 Å². The molecule has 2 aromatic rings. The van der Waals surface area contributed by atoms with E-state index in [9.17, 15) is 14.7 Å². The van der Waals surface area contributed by atoms with E-state index in [0.29, 0.717) is 18.0 Å². The number of nitrogens with zero attached hydrogens (tertiary/aromatic N) is 2.